The van der Waals surface area contributed by atoms with Gasteiger partial charge in [-0.25, -0.2) is 0 Å². The lowest BCUT2D eigenvalue weighted by Crippen LogP contribution is -2.65. The number of ketones is 1. The number of carbonyl (C=O) groups is 4. The lowest BCUT2D eigenvalue weighted by molar-refractivity contribution is -0.233. The number of aliphatic carboxylic acids is 1. The molecule has 292 valence electrons. The molecule has 1 aliphatic heterocycles. The summed E-state index contributed by atoms with van der Waals surface area (Å²) >= 11 is 0. The number of fused-ring (bicyclic) bond motifs is 7. The van der Waals surface area contributed by atoms with Gasteiger partial charge in [-0.05, 0) is 155 Å². The van der Waals surface area contributed by atoms with E-state index < -0.39 is 17.4 Å². The minimum atomic E-state index is -1.15. The Bertz CT molecular complexity index is 1470. The molecule has 1 saturated heterocycles. The van der Waals surface area contributed by atoms with Crippen molar-refractivity contribution in [3.8, 4) is 0 Å². The summed E-state index contributed by atoms with van der Waals surface area (Å²) in [4.78, 5) is 51.9. The topological polar surface area (TPSA) is 122 Å². The highest BCUT2D eigenvalue weighted by molar-refractivity contribution is 6.00. The van der Waals surface area contributed by atoms with Crippen LogP contribution in [0.25, 0.3) is 0 Å². The molecule has 8 nitrogen and oxygen atoms in total. The summed E-state index contributed by atoms with van der Waals surface area (Å²) in [5.74, 6) is 0.657. The molecule has 0 bridgehead atoms. The van der Waals surface area contributed by atoms with Gasteiger partial charge in [-0.3, -0.25) is 19.2 Å². The second-order valence-electron chi connectivity index (χ2n) is 20.6. The van der Waals surface area contributed by atoms with E-state index in [-0.39, 0.29) is 57.5 Å². The van der Waals surface area contributed by atoms with Crippen LogP contribution in [0.2, 0.25) is 0 Å². The van der Waals surface area contributed by atoms with E-state index in [1.165, 1.54) is 5.57 Å². The number of Topliss-reactive ketones (excluding diaryl/α,β-unsaturated/α-hetero) is 1. The number of allylic oxidation sites excluding steroid dienone is 2. The zero-order chi connectivity index (χ0) is 38.1. The molecule has 5 aliphatic carbocycles. The summed E-state index contributed by atoms with van der Waals surface area (Å²) in [5.41, 5.74) is 1.42. The highest BCUT2D eigenvalue weighted by atomic mass is 16.5. The van der Waals surface area contributed by atoms with Gasteiger partial charge in [-0.1, -0.05) is 54.0 Å². The minimum absolute atomic E-state index is 0.0791. The van der Waals surface area contributed by atoms with E-state index in [9.17, 15) is 24.3 Å². The van der Waals surface area contributed by atoms with Gasteiger partial charge in [0.05, 0.1) is 11.8 Å². The predicted octanol–water partition coefficient (Wildman–Crippen LogP) is 8.42. The van der Waals surface area contributed by atoms with Crippen LogP contribution in [-0.2, 0) is 23.9 Å². The van der Waals surface area contributed by atoms with Crippen molar-refractivity contribution in [1.29, 1.82) is 0 Å². The van der Waals surface area contributed by atoms with Crippen molar-refractivity contribution in [3.63, 3.8) is 0 Å². The number of carboxylic acid groups (broad SMARTS) is 1. The molecule has 0 aromatic heterocycles. The van der Waals surface area contributed by atoms with Crippen LogP contribution in [0.3, 0.4) is 0 Å². The van der Waals surface area contributed by atoms with Crippen LogP contribution in [0.5, 0.6) is 0 Å². The first-order chi connectivity index (χ1) is 24.2. The Morgan fingerprint density at radius 2 is 1.60 bits per heavy atom. The third-order valence-corrected chi connectivity index (χ3v) is 16.7. The molecule has 1 heterocycles. The second kappa shape index (κ2) is 13.8. The van der Waals surface area contributed by atoms with Gasteiger partial charge in [0.25, 0.3) is 0 Å². The Kier molecular flexibility index (Phi) is 10.5. The second-order valence-corrected chi connectivity index (χ2v) is 20.6. The van der Waals surface area contributed by atoms with Crippen LogP contribution in [0.15, 0.2) is 11.1 Å². The zero-order valence-electron chi connectivity index (χ0n) is 34.0. The van der Waals surface area contributed by atoms with E-state index in [4.69, 9.17) is 4.74 Å². The Labute approximate surface area is 313 Å². The largest absolute Gasteiger partial charge is 0.481 e. The highest BCUT2D eigenvalue weighted by Crippen LogP contribution is 2.77. The Hall–Kier alpha value is -2.22. The zero-order valence-corrected chi connectivity index (χ0v) is 34.0. The molecular weight excluding hydrogens is 652 g/mol. The molecule has 0 aromatic carbocycles. The van der Waals surface area contributed by atoms with Crippen LogP contribution in [0.1, 0.15) is 159 Å². The van der Waals surface area contributed by atoms with Gasteiger partial charge in [-0.15, -0.1) is 0 Å². The normalized spacial score (nSPS) is 38.9. The quantitative estimate of drug-likeness (QED) is 0.194. The van der Waals surface area contributed by atoms with E-state index in [2.05, 4.69) is 59.1 Å². The summed E-state index contributed by atoms with van der Waals surface area (Å²) in [5, 5.41) is 16.3. The number of carboxylic acids is 1. The molecule has 0 aromatic rings. The van der Waals surface area contributed by atoms with Crippen molar-refractivity contribution in [1.82, 2.24) is 10.6 Å². The maximum Gasteiger partial charge on any atom is 0.309 e. The maximum atomic E-state index is 14.0. The molecule has 0 radical (unpaired) electrons. The summed E-state index contributed by atoms with van der Waals surface area (Å²) in [6.45, 7) is 21.8. The molecule has 5 fully saturated rings. The third kappa shape index (κ3) is 6.40. The van der Waals surface area contributed by atoms with Gasteiger partial charge in [0.2, 0.25) is 5.91 Å². The summed E-state index contributed by atoms with van der Waals surface area (Å²) < 4.78 is 6.17. The number of ether oxygens (including phenoxy) is 1. The van der Waals surface area contributed by atoms with E-state index in [0.717, 1.165) is 95.7 Å². The molecule has 8 heteroatoms. The van der Waals surface area contributed by atoms with E-state index in [1.54, 1.807) is 13.8 Å². The van der Waals surface area contributed by atoms with Gasteiger partial charge >= 0.3 is 11.9 Å². The van der Waals surface area contributed by atoms with Crippen LogP contribution in [-0.4, -0.2) is 54.0 Å². The standard InChI is InChI=1S/C44H70N2O6/c1-27(2)36-30(47)25-44(18-10-11-34(48)46-28-16-23-45-24-17-28)22-21-42(8)29(37(36)44)12-13-32-41(7)19-15-33(52-35(49)26-39(3,4)38(50)51)40(5,6)31(41)14-20-43(32,42)9/h27-29,31-33,45H,10-26H2,1-9H3,(H,46,48)(H,50,51)/t29?,31?,32?,33-,41-,42+,43+,44-/m0/s1. The van der Waals surface area contributed by atoms with Crippen molar-refractivity contribution in [3.05, 3.63) is 11.1 Å². The number of carbonyl (C=O) groups excluding carboxylic acids is 3. The third-order valence-electron chi connectivity index (χ3n) is 16.7. The smallest absolute Gasteiger partial charge is 0.309 e. The Balaban J connectivity index is 1.22. The van der Waals surface area contributed by atoms with E-state index in [1.807, 2.05) is 0 Å². The Morgan fingerprint density at radius 1 is 0.904 bits per heavy atom. The molecule has 52 heavy (non-hydrogen) atoms. The molecule has 4 saturated carbocycles. The summed E-state index contributed by atoms with van der Waals surface area (Å²) in [6.07, 6.45) is 13.0. The molecule has 3 N–H and O–H groups in total. The number of esters is 1. The maximum absolute atomic E-state index is 14.0. The molecular formula is C44H70N2O6. The average Bonchev–Trinajstić information content (AvgIpc) is 3.35. The fourth-order valence-corrected chi connectivity index (χ4v) is 13.7. The lowest BCUT2D eigenvalue weighted by atomic mass is 9.33. The van der Waals surface area contributed by atoms with Gasteiger partial charge in [0, 0.05) is 24.3 Å². The van der Waals surface area contributed by atoms with Crippen molar-refractivity contribution in [2.24, 2.45) is 56.2 Å². The first-order valence-electron chi connectivity index (χ1n) is 20.9. The minimum Gasteiger partial charge on any atom is -0.481 e. The predicted molar refractivity (Wildman–Crippen MR) is 203 cm³/mol. The number of amides is 1. The molecule has 6 rings (SSSR count). The number of hydrogen-bond acceptors (Lipinski definition) is 6. The van der Waals surface area contributed by atoms with Gasteiger partial charge < -0.3 is 20.5 Å². The van der Waals surface area contributed by atoms with Crippen LogP contribution in [0, 0.1) is 56.2 Å². The molecule has 1 amide bonds. The first-order valence-corrected chi connectivity index (χ1v) is 20.9. The first kappa shape index (κ1) is 39.5. The van der Waals surface area contributed by atoms with Crippen LogP contribution in [0.4, 0.5) is 0 Å². The van der Waals surface area contributed by atoms with Crippen molar-refractivity contribution in [2.45, 2.75) is 171 Å². The fourth-order valence-electron chi connectivity index (χ4n) is 13.7. The number of hydrogen-bond donors (Lipinski definition) is 3. The number of rotatable bonds is 10. The van der Waals surface area contributed by atoms with Gasteiger partial charge in [0.1, 0.15) is 6.10 Å². The van der Waals surface area contributed by atoms with Gasteiger partial charge in [0.15, 0.2) is 5.78 Å². The summed E-state index contributed by atoms with van der Waals surface area (Å²) in [6, 6.07) is 0.276. The molecule has 0 spiro atoms. The highest BCUT2D eigenvalue weighted by Gasteiger charge is 2.70. The Morgan fingerprint density at radius 3 is 2.25 bits per heavy atom. The molecule has 6 aliphatic rings. The molecule has 8 atom stereocenters. The van der Waals surface area contributed by atoms with Crippen LogP contribution < -0.4 is 10.6 Å². The van der Waals surface area contributed by atoms with Crippen molar-refractivity contribution < 1.29 is 29.0 Å². The number of nitrogens with one attached hydrogen (secondary N) is 2. The van der Waals surface area contributed by atoms with Crippen molar-refractivity contribution >= 4 is 23.6 Å². The summed E-state index contributed by atoms with van der Waals surface area (Å²) in [7, 11) is 0. The SMILES string of the molecule is CC(C)C1=C2C3CCC4[C@@]5(C)CC[C@H](OC(=O)CC(C)(C)C(=O)O)C(C)(C)C5CC[C@@]4(C)[C@]3(C)CC[C@@]2(CCCC(=O)NC2CCNCC2)CC1=O. The van der Waals surface area contributed by atoms with Crippen LogP contribution >= 0.6 is 0 Å². The van der Waals surface area contributed by atoms with Gasteiger partial charge in [-0.2, -0.15) is 0 Å². The van der Waals surface area contributed by atoms with Crippen molar-refractivity contribution in [2.75, 3.05) is 13.1 Å². The average molecular weight is 723 g/mol. The fraction of sp³-hybridized carbons (Fsp3) is 0.864. The lowest BCUT2D eigenvalue weighted by Gasteiger charge is -2.72. The number of piperidine rings is 1. The monoisotopic (exact) mass is 723 g/mol. The van der Waals surface area contributed by atoms with E-state index >= 15 is 0 Å². The molecule has 3 unspecified atom stereocenters. The van der Waals surface area contributed by atoms with E-state index in [0.29, 0.717) is 36.4 Å².